The predicted octanol–water partition coefficient (Wildman–Crippen LogP) is 11.2. The van der Waals surface area contributed by atoms with Gasteiger partial charge in [-0.05, 0) is 48.5 Å². The number of thiophene rings is 1. The highest BCUT2D eigenvalue weighted by atomic mass is 32.1. The van der Waals surface area contributed by atoms with Crippen LogP contribution in [0.5, 0.6) is 0 Å². The van der Waals surface area contributed by atoms with Crippen molar-refractivity contribution in [3.63, 3.8) is 0 Å². The molecule has 0 N–H and O–H groups in total. The number of aromatic nitrogens is 6. The van der Waals surface area contributed by atoms with Crippen LogP contribution in [0.1, 0.15) is 0 Å². The van der Waals surface area contributed by atoms with Crippen molar-refractivity contribution in [2.75, 3.05) is 0 Å². The van der Waals surface area contributed by atoms with Crippen molar-refractivity contribution in [1.82, 2.24) is 29.1 Å². The van der Waals surface area contributed by atoms with E-state index < -0.39 is 0 Å². The minimum absolute atomic E-state index is 0.573. The summed E-state index contributed by atoms with van der Waals surface area (Å²) >= 11 is 1.82. The zero-order valence-corrected chi connectivity index (χ0v) is 27.9. The third kappa shape index (κ3) is 4.22. The summed E-state index contributed by atoms with van der Waals surface area (Å²) in [7, 11) is 0. The number of hydrogen-bond acceptors (Lipinski definition) is 5. The summed E-state index contributed by atoms with van der Waals surface area (Å²) in [6, 6.07) is 50.9. The molecule has 0 amide bonds. The van der Waals surface area contributed by atoms with Crippen molar-refractivity contribution in [3.8, 4) is 34.4 Å². The maximum atomic E-state index is 5.34. The minimum atomic E-state index is 0.573. The lowest BCUT2D eigenvalue weighted by atomic mass is 10.1. The van der Waals surface area contributed by atoms with Crippen LogP contribution < -0.4 is 0 Å². The Bertz CT molecular complexity index is 3100. The van der Waals surface area contributed by atoms with Crippen LogP contribution in [0.2, 0.25) is 0 Å². The Kier molecular flexibility index (Phi) is 6.02. The van der Waals surface area contributed by atoms with Gasteiger partial charge in [-0.25, -0.2) is 4.98 Å². The second-order valence-corrected chi connectivity index (χ2v) is 13.8. The summed E-state index contributed by atoms with van der Waals surface area (Å²) in [5, 5.41) is 7.19. The van der Waals surface area contributed by atoms with Crippen LogP contribution in [0.4, 0.5) is 0 Å². The molecule has 0 aliphatic rings. The fourth-order valence-corrected chi connectivity index (χ4v) is 8.76. The Morgan fingerprint density at radius 3 is 1.96 bits per heavy atom. The zero-order valence-electron chi connectivity index (χ0n) is 27.1. The topological polar surface area (TPSA) is 61.4 Å². The van der Waals surface area contributed by atoms with Crippen molar-refractivity contribution in [1.29, 1.82) is 0 Å². The van der Waals surface area contributed by atoms with Gasteiger partial charge in [-0.1, -0.05) is 97.1 Å². The molecule has 5 heterocycles. The van der Waals surface area contributed by atoms with Gasteiger partial charge in [0.15, 0.2) is 11.6 Å². The van der Waals surface area contributed by atoms with Gasteiger partial charge in [0.1, 0.15) is 0 Å². The first-order chi connectivity index (χ1) is 25.3. The third-order valence-corrected chi connectivity index (χ3v) is 11.0. The van der Waals surface area contributed by atoms with Gasteiger partial charge in [0.2, 0.25) is 5.95 Å². The number of para-hydroxylation sites is 3. The van der Waals surface area contributed by atoms with Gasteiger partial charge >= 0.3 is 0 Å². The molecule has 11 aromatic rings. The predicted molar refractivity (Wildman–Crippen MR) is 210 cm³/mol. The highest BCUT2D eigenvalue weighted by Gasteiger charge is 2.22. The lowest BCUT2D eigenvalue weighted by Gasteiger charge is -2.15. The second-order valence-electron chi connectivity index (χ2n) is 12.7. The summed E-state index contributed by atoms with van der Waals surface area (Å²) in [6.45, 7) is 0. The van der Waals surface area contributed by atoms with Crippen LogP contribution in [-0.2, 0) is 0 Å². The summed E-state index contributed by atoms with van der Waals surface area (Å²) in [6.07, 6.45) is 3.79. The molecule has 0 spiro atoms. The Balaban J connectivity index is 1.22. The van der Waals surface area contributed by atoms with Crippen molar-refractivity contribution in [2.45, 2.75) is 0 Å². The minimum Gasteiger partial charge on any atom is -0.307 e. The Hall–Kier alpha value is -6.70. The molecule has 11 rings (SSSR count). The van der Waals surface area contributed by atoms with E-state index in [0.29, 0.717) is 17.6 Å². The van der Waals surface area contributed by atoms with Gasteiger partial charge in [-0.15, -0.1) is 11.3 Å². The fraction of sp³-hybridized carbons (Fsp3) is 0. The molecule has 0 saturated carbocycles. The number of pyridine rings is 1. The van der Waals surface area contributed by atoms with E-state index in [2.05, 4.69) is 142 Å². The number of hydrogen-bond donors (Lipinski definition) is 0. The monoisotopic (exact) mass is 670 g/mol. The van der Waals surface area contributed by atoms with E-state index in [0.717, 1.165) is 49.7 Å². The van der Waals surface area contributed by atoms with E-state index in [4.69, 9.17) is 15.0 Å². The van der Waals surface area contributed by atoms with E-state index in [9.17, 15) is 0 Å². The molecule has 0 fully saturated rings. The first-order valence-electron chi connectivity index (χ1n) is 16.9. The molecule has 5 aromatic heterocycles. The molecule has 0 atom stereocenters. The summed E-state index contributed by atoms with van der Waals surface area (Å²) in [5.74, 6) is 1.78. The fourth-order valence-electron chi connectivity index (χ4n) is 7.64. The summed E-state index contributed by atoms with van der Waals surface area (Å²) < 4.78 is 6.99. The van der Waals surface area contributed by atoms with E-state index >= 15 is 0 Å². The first-order valence-corrected chi connectivity index (χ1v) is 17.7. The number of rotatable bonds is 4. The molecule has 0 unspecified atom stereocenters. The maximum absolute atomic E-state index is 5.34. The molecular formula is C44H26N6S. The summed E-state index contributed by atoms with van der Waals surface area (Å²) in [5.41, 5.74) is 7.03. The lowest BCUT2D eigenvalue weighted by molar-refractivity contribution is 0.952. The molecule has 238 valence electrons. The Morgan fingerprint density at radius 1 is 0.431 bits per heavy atom. The molecule has 6 nitrogen and oxygen atoms in total. The van der Waals surface area contributed by atoms with Crippen LogP contribution in [-0.4, -0.2) is 29.1 Å². The SMILES string of the molecule is c1ccc(-c2nc(-c3ccccc3-n3c4ccccc4c4ccncc43)nc(-n3c4ccccc4c4cc5c(cc43)sc3ccccc35)n2)cc1. The molecular weight excluding hydrogens is 645 g/mol. The van der Waals surface area contributed by atoms with Crippen molar-refractivity contribution < 1.29 is 0 Å². The van der Waals surface area contributed by atoms with E-state index in [1.54, 1.807) is 0 Å². The van der Waals surface area contributed by atoms with E-state index in [1.807, 2.05) is 41.9 Å². The highest BCUT2D eigenvalue weighted by Crippen LogP contribution is 2.41. The molecule has 0 aliphatic carbocycles. The molecule has 0 saturated heterocycles. The first kappa shape index (κ1) is 28.2. The maximum Gasteiger partial charge on any atom is 0.238 e. The van der Waals surface area contributed by atoms with Gasteiger partial charge in [-0.3, -0.25) is 9.55 Å². The average molecular weight is 671 g/mol. The standard InChI is InChI=1S/C44H26N6S/c1-2-12-27(13-3-1)42-46-43(32-17-6-10-20-37(32)49-35-18-8-4-14-28(35)30-22-23-45-26-39(30)49)48-44(47-42)50-36-19-9-5-15-29(36)33-24-34-31-16-7-11-21-40(31)51-41(34)25-38(33)50/h1-26H. The van der Waals surface area contributed by atoms with Crippen molar-refractivity contribution >= 4 is 75.1 Å². The number of nitrogens with zero attached hydrogens (tertiary/aromatic N) is 6. The van der Waals surface area contributed by atoms with Gasteiger partial charge < -0.3 is 4.57 Å². The molecule has 7 heteroatoms. The number of benzene rings is 6. The van der Waals surface area contributed by atoms with Crippen LogP contribution in [0.25, 0.3) is 98.2 Å². The second kappa shape index (κ2) is 10.9. The summed E-state index contributed by atoms with van der Waals surface area (Å²) in [4.78, 5) is 20.3. The van der Waals surface area contributed by atoms with Crippen molar-refractivity contribution in [3.05, 3.63) is 158 Å². The zero-order chi connectivity index (χ0) is 33.5. The van der Waals surface area contributed by atoms with E-state index in [1.165, 1.54) is 30.9 Å². The Morgan fingerprint density at radius 2 is 1.10 bits per heavy atom. The third-order valence-electron chi connectivity index (χ3n) is 9.89. The normalized spacial score (nSPS) is 11.9. The van der Waals surface area contributed by atoms with Gasteiger partial charge in [0.25, 0.3) is 0 Å². The molecule has 0 bridgehead atoms. The van der Waals surface area contributed by atoms with Crippen LogP contribution in [0.15, 0.2) is 158 Å². The van der Waals surface area contributed by atoms with Crippen molar-refractivity contribution in [2.24, 2.45) is 0 Å². The van der Waals surface area contributed by atoms with Gasteiger partial charge in [0, 0.05) is 59.0 Å². The quantitative estimate of drug-likeness (QED) is 0.187. The average Bonchev–Trinajstić information content (AvgIpc) is 3.84. The lowest BCUT2D eigenvalue weighted by Crippen LogP contribution is -2.07. The smallest absolute Gasteiger partial charge is 0.238 e. The molecule has 51 heavy (non-hydrogen) atoms. The largest absolute Gasteiger partial charge is 0.307 e. The molecule has 0 aliphatic heterocycles. The van der Waals surface area contributed by atoms with E-state index in [-0.39, 0.29) is 0 Å². The van der Waals surface area contributed by atoms with Crippen LogP contribution >= 0.6 is 11.3 Å². The molecule has 0 radical (unpaired) electrons. The van der Waals surface area contributed by atoms with Crippen LogP contribution in [0, 0.1) is 0 Å². The number of fused-ring (bicyclic) bond motifs is 9. The Labute approximate surface area is 295 Å². The molecule has 6 aromatic carbocycles. The van der Waals surface area contributed by atoms with Crippen LogP contribution in [0.3, 0.4) is 0 Å². The highest BCUT2D eigenvalue weighted by molar-refractivity contribution is 7.25. The van der Waals surface area contributed by atoms with Gasteiger partial charge in [0.05, 0.1) is 34.0 Å². The van der Waals surface area contributed by atoms with Gasteiger partial charge in [-0.2, -0.15) is 9.97 Å².